The third kappa shape index (κ3) is 2.47. The second-order valence-corrected chi connectivity index (χ2v) is 4.44. The molecule has 0 saturated heterocycles. The van der Waals surface area contributed by atoms with E-state index in [0.717, 1.165) is 23.3 Å². The van der Waals surface area contributed by atoms with Crippen molar-refractivity contribution in [1.29, 1.82) is 0 Å². The summed E-state index contributed by atoms with van der Waals surface area (Å²) in [7, 11) is 0. The Morgan fingerprint density at radius 2 is 1.68 bits per heavy atom. The summed E-state index contributed by atoms with van der Waals surface area (Å²) in [6.07, 6.45) is 0. The van der Waals surface area contributed by atoms with Crippen molar-refractivity contribution in [1.82, 2.24) is 0 Å². The number of halogens is 2. The molecular weight excluding hydrogens is 250 g/mol. The highest BCUT2D eigenvalue weighted by molar-refractivity contribution is 5.89. The highest BCUT2D eigenvalue weighted by Crippen LogP contribution is 2.29. The molecule has 0 atom stereocenters. The number of carboxylic acids is 1. The Morgan fingerprint density at radius 3 is 2.32 bits per heavy atom. The van der Waals surface area contributed by atoms with E-state index in [-0.39, 0.29) is 5.56 Å². The van der Waals surface area contributed by atoms with Crippen molar-refractivity contribution in [2.75, 3.05) is 0 Å². The molecule has 0 fully saturated rings. The maximum Gasteiger partial charge on any atom is 0.338 e. The van der Waals surface area contributed by atoms with Crippen LogP contribution >= 0.6 is 0 Å². The molecule has 2 nitrogen and oxygen atoms in total. The molecule has 0 aliphatic carbocycles. The fraction of sp³-hybridized carbons (Fsp3) is 0.133. The van der Waals surface area contributed by atoms with E-state index in [1.54, 1.807) is 13.0 Å². The molecular formula is C15H12F2O2. The van der Waals surface area contributed by atoms with Crippen molar-refractivity contribution in [3.63, 3.8) is 0 Å². The highest BCUT2D eigenvalue weighted by atomic mass is 19.1. The Hall–Kier alpha value is -2.23. The van der Waals surface area contributed by atoms with E-state index in [2.05, 4.69) is 0 Å². The van der Waals surface area contributed by atoms with E-state index in [9.17, 15) is 13.6 Å². The summed E-state index contributed by atoms with van der Waals surface area (Å²) >= 11 is 0. The van der Waals surface area contributed by atoms with Gasteiger partial charge in [-0.15, -0.1) is 0 Å². The lowest BCUT2D eigenvalue weighted by molar-refractivity contribution is 0.0691. The van der Waals surface area contributed by atoms with Gasteiger partial charge in [-0.25, -0.2) is 13.6 Å². The van der Waals surface area contributed by atoms with Crippen molar-refractivity contribution in [3.05, 3.63) is 58.7 Å². The fourth-order valence-electron chi connectivity index (χ4n) is 1.94. The number of carboxylic acid groups (broad SMARTS) is 1. The number of aromatic carboxylic acids is 1. The minimum absolute atomic E-state index is 0.0729. The van der Waals surface area contributed by atoms with Crippen LogP contribution in [0.2, 0.25) is 0 Å². The van der Waals surface area contributed by atoms with Gasteiger partial charge in [-0.2, -0.15) is 0 Å². The van der Waals surface area contributed by atoms with Crippen LogP contribution in [0, 0.1) is 25.5 Å². The Balaban J connectivity index is 2.67. The van der Waals surface area contributed by atoms with Crippen molar-refractivity contribution in [2.45, 2.75) is 13.8 Å². The molecule has 2 aromatic carbocycles. The van der Waals surface area contributed by atoms with Crippen LogP contribution in [0.25, 0.3) is 11.1 Å². The minimum Gasteiger partial charge on any atom is -0.478 e. The number of hydrogen-bond donors (Lipinski definition) is 1. The summed E-state index contributed by atoms with van der Waals surface area (Å²) in [4.78, 5) is 10.7. The molecule has 0 spiro atoms. The quantitative estimate of drug-likeness (QED) is 0.889. The van der Waals surface area contributed by atoms with E-state index >= 15 is 0 Å². The molecule has 0 aromatic heterocycles. The van der Waals surface area contributed by atoms with Crippen molar-refractivity contribution >= 4 is 5.97 Å². The molecule has 4 heteroatoms. The Morgan fingerprint density at radius 1 is 1.00 bits per heavy atom. The van der Waals surface area contributed by atoms with E-state index in [1.807, 2.05) is 19.1 Å². The van der Waals surface area contributed by atoms with Crippen LogP contribution in [-0.4, -0.2) is 11.1 Å². The Bertz CT molecular complexity index is 663. The zero-order valence-electron chi connectivity index (χ0n) is 10.5. The number of carbonyl (C=O) groups is 1. The highest BCUT2D eigenvalue weighted by Gasteiger charge is 2.17. The number of hydrogen-bond acceptors (Lipinski definition) is 1. The molecule has 0 saturated carbocycles. The first-order valence-electron chi connectivity index (χ1n) is 5.70. The summed E-state index contributed by atoms with van der Waals surface area (Å²) in [5, 5.41) is 8.74. The number of rotatable bonds is 2. The Labute approximate surface area is 109 Å². The SMILES string of the molecule is Cc1ccc(C)c(-c2cc(F)c(C(=O)O)cc2F)c1. The van der Waals surface area contributed by atoms with Gasteiger partial charge in [-0.1, -0.05) is 23.8 Å². The predicted molar refractivity (Wildman–Crippen MR) is 68.2 cm³/mol. The molecule has 0 amide bonds. The summed E-state index contributed by atoms with van der Waals surface area (Å²) in [6, 6.07) is 7.08. The number of aryl methyl sites for hydroxylation is 2. The molecule has 2 aromatic rings. The average molecular weight is 262 g/mol. The fourth-order valence-corrected chi connectivity index (χ4v) is 1.94. The van der Waals surface area contributed by atoms with Gasteiger partial charge in [0.25, 0.3) is 0 Å². The zero-order valence-corrected chi connectivity index (χ0v) is 10.5. The van der Waals surface area contributed by atoms with Crippen LogP contribution in [0.5, 0.6) is 0 Å². The van der Waals surface area contributed by atoms with Gasteiger partial charge in [-0.05, 0) is 37.1 Å². The van der Waals surface area contributed by atoms with Crippen molar-refractivity contribution < 1.29 is 18.7 Å². The smallest absolute Gasteiger partial charge is 0.338 e. The minimum atomic E-state index is -1.48. The topological polar surface area (TPSA) is 37.3 Å². The van der Waals surface area contributed by atoms with Gasteiger partial charge in [-0.3, -0.25) is 0 Å². The molecule has 0 aliphatic heterocycles. The van der Waals surface area contributed by atoms with Crippen LogP contribution in [-0.2, 0) is 0 Å². The first-order chi connectivity index (χ1) is 8.90. The number of benzene rings is 2. The average Bonchev–Trinajstić information content (AvgIpc) is 2.34. The maximum atomic E-state index is 14.0. The van der Waals surface area contributed by atoms with Crippen LogP contribution in [0.15, 0.2) is 30.3 Å². The molecule has 98 valence electrons. The lowest BCUT2D eigenvalue weighted by Crippen LogP contribution is -2.03. The standard InChI is InChI=1S/C15H12F2O2/c1-8-3-4-9(2)10(5-8)11-6-14(17)12(15(18)19)7-13(11)16/h3-7H,1-2H3,(H,18,19). The van der Waals surface area contributed by atoms with Gasteiger partial charge >= 0.3 is 5.97 Å². The summed E-state index contributed by atoms with van der Waals surface area (Å²) < 4.78 is 27.6. The molecule has 0 aliphatic rings. The second-order valence-electron chi connectivity index (χ2n) is 4.44. The van der Waals surface area contributed by atoms with Gasteiger partial charge in [0, 0.05) is 5.56 Å². The molecule has 19 heavy (non-hydrogen) atoms. The summed E-state index contributed by atoms with van der Waals surface area (Å²) in [5.41, 5.74) is 1.69. The molecule has 0 unspecified atom stereocenters. The largest absolute Gasteiger partial charge is 0.478 e. The van der Waals surface area contributed by atoms with E-state index in [0.29, 0.717) is 5.56 Å². The zero-order chi connectivity index (χ0) is 14.2. The van der Waals surface area contributed by atoms with Gasteiger partial charge in [0.15, 0.2) is 0 Å². The van der Waals surface area contributed by atoms with Crippen molar-refractivity contribution in [2.24, 2.45) is 0 Å². The summed E-state index contributed by atoms with van der Waals surface area (Å²) in [5.74, 6) is -3.17. The maximum absolute atomic E-state index is 14.0. The van der Waals surface area contributed by atoms with E-state index < -0.39 is 23.2 Å². The van der Waals surface area contributed by atoms with Crippen LogP contribution in [0.4, 0.5) is 8.78 Å². The monoisotopic (exact) mass is 262 g/mol. The normalized spacial score (nSPS) is 10.5. The van der Waals surface area contributed by atoms with Crippen LogP contribution < -0.4 is 0 Å². The molecule has 0 heterocycles. The van der Waals surface area contributed by atoms with E-state index in [4.69, 9.17) is 5.11 Å². The van der Waals surface area contributed by atoms with Gasteiger partial charge < -0.3 is 5.11 Å². The van der Waals surface area contributed by atoms with Crippen LogP contribution in [0.1, 0.15) is 21.5 Å². The first kappa shape index (κ1) is 13.2. The first-order valence-corrected chi connectivity index (χ1v) is 5.70. The van der Waals surface area contributed by atoms with Crippen LogP contribution in [0.3, 0.4) is 0 Å². The van der Waals surface area contributed by atoms with Gasteiger partial charge in [0.1, 0.15) is 11.6 Å². The third-order valence-electron chi connectivity index (χ3n) is 2.97. The van der Waals surface area contributed by atoms with Gasteiger partial charge in [0.2, 0.25) is 0 Å². The summed E-state index contributed by atoms with van der Waals surface area (Å²) in [6.45, 7) is 3.64. The molecule has 2 rings (SSSR count). The van der Waals surface area contributed by atoms with Gasteiger partial charge in [0.05, 0.1) is 5.56 Å². The molecule has 0 bridgehead atoms. The third-order valence-corrected chi connectivity index (χ3v) is 2.97. The lowest BCUT2D eigenvalue weighted by Gasteiger charge is -2.10. The second kappa shape index (κ2) is 4.80. The predicted octanol–water partition coefficient (Wildman–Crippen LogP) is 3.95. The van der Waals surface area contributed by atoms with E-state index in [1.165, 1.54) is 0 Å². The molecule has 1 N–H and O–H groups in total. The molecule has 0 radical (unpaired) electrons. The van der Waals surface area contributed by atoms with Crippen molar-refractivity contribution in [3.8, 4) is 11.1 Å². The Kier molecular flexibility index (Phi) is 3.34. The lowest BCUT2D eigenvalue weighted by atomic mass is 9.97.